The summed E-state index contributed by atoms with van der Waals surface area (Å²) in [6.45, 7) is 1.80. The predicted molar refractivity (Wildman–Crippen MR) is 59.3 cm³/mol. The number of primary amides is 4. The zero-order valence-electron chi connectivity index (χ0n) is 9.07. The minimum Gasteiger partial charge on any atom is -0.511 e. The van der Waals surface area contributed by atoms with Crippen molar-refractivity contribution in [2.45, 2.75) is 6.92 Å². The summed E-state index contributed by atoms with van der Waals surface area (Å²) in [5.41, 5.74) is 17.0. The van der Waals surface area contributed by atoms with Crippen molar-refractivity contribution in [3.05, 3.63) is 12.2 Å². The van der Waals surface area contributed by atoms with Crippen LogP contribution < -0.4 is 22.9 Å². The number of urea groups is 2. The molecule has 0 aromatic rings. The number of aldehydes is 1. The highest BCUT2D eigenvalue weighted by Gasteiger charge is 1.85. The van der Waals surface area contributed by atoms with Crippen molar-refractivity contribution in [1.29, 1.82) is 0 Å². The molecule has 0 aromatic carbocycles. The highest BCUT2D eigenvalue weighted by atomic mass is 28.3. The maximum Gasteiger partial charge on any atom is 0.761 e. The molecule has 0 radical (unpaired) electrons. The van der Waals surface area contributed by atoms with Crippen LogP contribution in [0.2, 0.25) is 0 Å². The molecule has 17 heavy (non-hydrogen) atoms. The van der Waals surface area contributed by atoms with Crippen LogP contribution in [0.5, 0.6) is 0 Å². The van der Waals surface area contributed by atoms with E-state index in [9.17, 15) is 4.79 Å². The van der Waals surface area contributed by atoms with E-state index in [1.165, 1.54) is 6.08 Å². The van der Waals surface area contributed by atoms with Crippen LogP contribution in [0, 0.1) is 0 Å². The van der Waals surface area contributed by atoms with Crippen LogP contribution in [-0.4, -0.2) is 37.1 Å². The molecule has 0 saturated carbocycles. The molecule has 10 nitrogen and oxygen atoms in total. The minimum atomic E-state index is -3.13. The van der Waals surface area contributed by atoms with Crippen LogP contribution in [-0.2, 0) is 9.26 Å². The Morgan fingerprint density at radius 1 is 1.06 bits per heavy atom. The molecule has 0 aliphatic heterocycles. The molecular formula is C6H16N4O6Si. The zero-order chi connectivity index (χ0) is 14.9. The van der Waals surface area contributed by atoms with E-state index in [1.807, 2.05) is 0 Å². The quantitative estimate of drug-likeness (QED) is 0.167. The van der Waals surface area contributed by atoms with Crippen molar-refractivity contribution in [1.82, 2.24) is 0 Å². The first kappa shape index (κ1) is 24.0. The number of carbonyl (C=O) groups excluding carboxylic acids is 3. The standard InChI is InChI=1S/C4H6O.2CH4N2O.H2O3Si/c1-2-3-4-5;2*2-1(3)4;1-4(2)3/h2-4H,1H3;2*(H4,2,3,4);1-2H/b3-2+;;;. The fourth-order valence-electron chi connectivity index (χ4n) is 0.0786. The lowest BCUT2D eigenvalue weighted by molar-refractivity contribution is -0.104. The van der Waals surface area contributed by atoms with E-state index in [-0.39, 0.29) is 0 Å². The summed E-state index contributed by atoms with van der Waals surface area (Å²) in [7, 11) is -3.13. The number of allylic oxidation sites excluding steroid dienone is 2. The number of rotatable bonds is 1. The number of amides is 4. The molecule has 0 saturated heterocycles. The van der Waals surface area contributed by atoms with Crippen molar-refractivity contribution >= 4 is 27.5 Å². The monoisotopic (exact) mass is 268 g/mol. The van der Waals surface area contributed by atoms with Crippen LogP contribution >= 0.6 is 0 Å². The lowest BCUT2D eigenvalue weighted by Crippen LogP contribution is -2.18. The molecule has 11 heteroatoms. The van der Waals surface area contributed by atoms with Crippen LogP contribution in [0.3, 0.4) is 0 Å². The first-order valence-corrected chi connectivity index (χ1v) is 5.00. The van der Waals surface area contributed by atoms with Gasteiger partial charge >= 0.3 is 21.2 Å². The van der Waals surface area contributed by atoms with Gasteiger partial charge < -0.3 is 32.5 Å². The highest BCUT2D eigenvalue weighted by molar-refractivity contribution is 6.22. The Morgan fingerprint density at radius 2 is 1.24 bits per heavy atom. The summed E-state index contributed by atoms with van der Waals surface area (Å²) in [5.74, 6) is 0. The van der Waals surface area contributed by atoms with Crippen molar-refractivity contribution in [3.63, 3.8) is 0 Å². The van der Waals surface area contributed by atoms with Gasteiger partial charge in [-0.15, -0.1) is 0 Å². The van der Waals surface area contributed by atoms with E-state index in [0.717, 1.165) is 6.29 Å². The Hall–Kier alpha value is -2.43. The molecule has 0 atom stereocenters. The molecule has 0 aliphatic rings. The molecule has 0 bridgehead atoms. The third-order valence-electron chi connectivity index (χ3n) is 0.271. The van der Waals surface area contributed by atoms with E-state index in [4.69, 9.17) is 23.6 Å². The van der Waals surface area contributed by atoms with Gasteiger partial charge in [-0.25, -0.2) is 9.59 Å². The summed E-state index contributed by atoms with van der Waals surface area (Å²) < 4.78 is 8.74. The van der Waals surface area contributed by atoms with Crippen LogP contribution in [0.1, 0.15) is 6.92 Å². The fourth-order valence-corrected chi connectivity index (χ4v) is 0.0786. The number of nitrogens with two attached hydrogens (primary N) is 4. The van der Waals surface area contributed by atoms with Gasteiger partial charge in [0, 0.05) is 0 Å². The van der Waals surface area contributed by atoms with Crippen LogP contribution in [0.25, 0.3) is 0 Å². The van der Waals surface area contributed by atoms with Gasteiger partial charge in [0.2, 0.25) is 0 Å². The van der Waals surface area contributed by atoms with E-state index in [0.29, 0.717) is 0 Å². The van der Waals surface area contributed by atoms with Gasteiger partial charge in [0.15, 0.2) is 0 Å². The van der Waals surface area contributed by atoms with Gasteiger partial charge in [-0.05, 0) is 13.0 Å². The number of hydrogen-bond donors (Lipinski definition) is 6. The molecular weight excluding hydrogens is 252 g/mol. The predicted octanol–water partition coefficient (Wildman–Crippen LogP) is -2.80. The largest absolute Gasteiger partial charge is 0.761 e. The maximum atomic E-state index is 9.32. The Morgan fingerprint density at radius 3 is 1.24 bits per heavy atom. The summed E-state index contributed by atoms with van der Waals surface area (Å²) >= 11 is 0. The average molecular weight is 268 g/mol. The maximum absolute atomic E-state index is 9.32. The summed E-state index contributed by atoms with van der Waals surface area (Å²) in [6, 6.07) is -1.67. The van der Waals surface area contributed by atoms with Gasteiger partial charge in [0.25, 0.3) is 0 Å². The molecule has 10 N–H and O–H groups in total. The van der Waals surface area contributed by atoms with Gasteiger partial charge in [-0.1, -0.05) is 6.08 Å². The molecule has 0 spiro atoms. The molecule has 100 valence electrons. The topological polar surface area (TPSA) is 213 Å². The average Bonchev–Trinajstić information content (AvgIpc) is 2.01. The molecule has 4 amide bonds. The molecule has 0 heterocycles. The van der Waals surface area contributed by atoms with Gasteiger partial charge in [0.1, 0.15) is 6.29 Å². The number of carbonyl (C=O) groups is 3. The number of hydrogen-bond acceptors (Lipinski definition) is 4. The Labute approximate surface area is 98.8 Å². The first-order chi connectivity index (χ1) is 7.61. The third kappa shape index (κ3) is 9680. The van der Waals surface area contributed by atoms with E-state index < -0.39 is 21.2 Å². The van der Waals surface area contributed by atoms with Gasteiger partial charge in [0.05, 0.1) is 0 Å². The normalized spacial score (nSPS) is 6.88. The highest BCUT2D eigenvalue weighted by Crippen LogP contribution is 1.55. The van der Waals surface area contributed by atoms with Gasteiger partial charge in [-0.2, -0.15) is 0 Å². The van der Waals surface area contributed by atoms with Crippen molar-refractivity contribution in [2.75, 3.05) is 0 Å². The van der Waals surface area contributed by atoms with Crippen molar-refractivity contribution in [3.8, 4) is 0 Å². The Balaban J connectivity index is -0.0000000667. The van der Waals surface area contributed by atoms with E-state index in [2.05, 4.69) is 22.9 Å². The molecule has 0 aromatic heterocycles. The smallest absolute Gasteiger partial charge is 0.511 e. The Kier molecular flexibility index (Phi) is 33.1. The van der Waals surface area contributed by atoms with Crippen molar-refractivity contribution < 1.29 is 28.4 Å². The lowest BCUT2D eigenvalue weighted by Gasteiger charge is -1.62. The molecule has 0 fully saturated rings. The lowest BCUT2D eigenvalue weighted by atomic mass is 10.6. The third-order valence-corrected chi connectivity index (χ3v) is 0.271. The van der Waals surface area contributed by atoms with E-state index in [1.54, 1.807) is 13.0 Å². The summed E-state index contributed by atoms with van der Waals surface area (Å²) in [4.78, 5) is 41.6. The fraction of sp³-hybridized carbons (Fsp3) is 0.167. The minimum absolute atomic E-state index is 0.750. The van der Waals surface area contributed by atoms with Crippen LogP contribution in [0.4, 0.5) is 9.59 Å². The second kappa shape index (κ2) is 23.4. The van der Waals surface area contributed by atoms with Gasteiger partial charge in [-0.3, -0.25) is 9.26 Å². The van der Waals surface area contributed by atoms with Crippen LogP contribution in [0.15, 0.2) is 12.2 Å². The first-order valence-electron chi connectivity index (χ1n) is 3.69. The SMILES string of the molecule is C/C=C/C=O.NC(N)=O.NC(N)=O.O=[Si](O)O. The Bertz CT molecular complexity index is 216. The zero-order valence-corrected chi connectivity index (χ0v) is 10.1. The molecule has 0 rings (SSSR count). The second-order valence-corrected chi connectivity index (χ2v) is 2.31. The van der Waals surface area contributed by atoms with E-state index >= 15 is 0 Å². The summed E-state index contributed by atoms with van der Waals surface area (Å²) in [5, 5.41) is 0. The van der Waals surface area contributed by atoms with Crippen molar-refractivity contribution in [2.24, 2.45) is 22.9 Å². The summed E-state index contributed by atoms with van der Waals surface area (Å²) in [6.07, 6.45) is 3.88. The molecule has 0 unspecified atom stereocenters. The molecule has 0 aliphatic carbocycles. The second-order valence-electron chi connectivity index (χ2n) is 1.75.